The molecule has 0 aliphatic heterocycles. The molecule has 0 aliphatic rings. The molecule has 0 fully saturated rings. The Bertz CT molecular complexity index is 483. The number of imidazole rings is 1. The normalized spacial score (nSPS) is 10.8. The third-order valence-corrected chi connectivity index (χ3v) is 2.61. The lowest BCUT2D eigenvalue weighted by molar-refractivity contribution is 0.637. The van der Waals surface area contributed by atoms with E-state index >= 15 is 0 Å². The number of hydrogen-bond donors (Lipinski definition) is 1. The Balaban J connectivity index is 2.14. The molecule has 0 spiro atoms. The van der Waals surface area contributed by atoms with E-state index in [1.165, 1.54) is 6.42 Å². The molecular weight excluding hydrogens is 214 g/mol. The molecule has 0 aromatic carbocycles. The second-order valence-electron chi connectivity index (χ2n) is 4.28. The van der Waals surface area contributed by atoms with Gasteiger partial charge < -0.3 is 9.88 Å². The summed E-state index contributed by atoms with van der Waals surface area (Å²) in [5.74, 6) is 0.893. The molecular formula is C12H19N5. The summed E-state index contributed by atoms with van der Waals surface area (Å²) in [7, 11) is 1.90. The Labute approximate surface area is 101 Å². The van der Waals surface area contributed by atoms with Crippen LogP contribution in [0.25, 0.3) is 0 Å². The van der Waals surface area contributed by atoms with Crippen molar-refractivity contribution in [3.63, 3.8) is 0 Å². The highest BCUT2D eigenvalue weighted by atomic mass is 15.3. The number of anilines is 2. The van der Waals surface area contributed by atoms with E-state index in [1.54, 1.807) is 10.9 Å². The van der Waals surface area contributed by atoms with Crippen molar-refractivity contribution in [2.24, 2.45) is 7.05 Å². The molecule has 5 nitrogen and oxygen atoms in total. The fourth-order valence-corrected chi connectivity index (χ4v) is 1.76. The van der Waals surface area contributed by atoms with Gasteiger partial charge in [-0.25, -0.2) is 4.98 Å². The molecule has 0 unspecified atom stereocenters. The van der Waals surface area contributed by atoms with Crippen molar-refractivity contribution in [2.75, 3.05) is 5.32 Å². The number of aryl methyl sites for hydroxylation is 3. The molecule has 5 heteroatoms. The van der Waals surface area contributed by atoms with Gasteiger partial charge in [0.15, 0.2) is 0 Å². The van der Waals surface area contributed by atoms with Gasteiger partial charge in [-0.3, -0.25) is 4.68 Å². The van der Waals surface area contributed by atoms with Crippen LogP contribution in [0.3, 0.4) is 0 Å². The molecule has 0 radical (unpaired) electrons. The first-order valence-corrected chi connectivity index (χ1v) is 5.98. The fourth-order valence-electron chi connectivity index (χ4n) is 1.76. The van der Waals surface area contributed by atoms with Crippen LogP contribution < -0.4 is 5.32 Å². The maximum Gasteiger partial charge on any atom is 0.207 e. The minimum Gasteiger partial charge on any atom is -0.323 e. The van der Waals surface area contributed by atoms with E-state index < -0.39 is 0 Å². The van der Waals surface area contributed by atoms with Gasteiger partial charge in [-0.05, 0) is 13.3 Å². The molecule has 1 N–H and O–H groups in total. The van der Waals surface area contributed by atoms with E-state index in [-0.39, 0.29) is 0 Å². The maximum atomic E-state index is 4.48. The second kappa shape index (κ2) is 5.03. The first-order valence-electron chi connectivity index (χ1n) is 5.98. The average Bonchev–Trinajstić information content (AvgIpc) is 2.83. The van der Waals surface area contributed by atoms with Crippen LogP contribution in [0.5, 0.6) is 0 Å². The standard InChI is InChI=1S/C12H19N5/c1-4-5-6-17-8-10(2)14-12(17)15-11-7-13-16(3)9-11/h7-9H,4-6H2,1-3H3,(H,14,15). The summed E-state index contributed by atoms with van der Waals surface area (Å²) >= 11 is 0. The van der Waals surface area contributed by atoms with Crippen LogP contribution in [-0.4, -0.2) is 19.3 Å². The summed E-state index contributed by atoms with van der Waals surface area (Å²) in [6.45, 7) is 5.20. The van der Waals surface area contributed by atoms with Crippen molar-refractivity contribution in [1.29, 1.82) is 0 Å². The lowest BCUT2D eigenvalue weighted by Gasteiger charge is -2.07. The van der Waals surface area contributed by atoms with Gasteiger partial charge in [0.05, 0.1) is 17.6 Å². The van der Waals surface area contributed by atoms with Gasteiger partial charge in [-0.1, -0.05) is 13.3 Å². The highest BCUT2D eigenvalue weighted by Crippen LogP contribution is 2.16. The number of rotatable bonds is 5. The van der Waals surface area contributed by atoms with E-state index in [0.29, 0.717) is 0 Å². The van der Waals surface area contributed by atoms with Crippen LogP contribution >= 0.6 is 0 Å². The van der Waals surface area contributed by atoms with Crippen LogP contribution in [0.2, 0.25) is 0 Å². The summed E-state index contributed by atoms with van der Waals surface area (Å²) in [5, 5.41) is 7.42. The van der Waals surface area contributed by atoms with Crippen molar-refractivity contribution >= 4 is 11.6 Å². The van der Waals surface area contributed by atoms with Crippen molar-refractivity contribution in [3.8, 4) is 0 Å². The SMILES string of the molecule is CCCCn1cc(C)nc1Nc1cnn(C)c1. The van der Waals surface area contributed by atoms with Gasteiger partial charge in [0.25, 0.3) is 0 Å². The number of aromatic nitrogens is 4. The maximum absolute atomic E-state index is 4.48. The second-order valence-corrected chi connectivity index (χ2v) is 4.28. The van der Waals surface area contributed by atoms with Gasteiger partial charge >= 0.3 is 0 Å². The average molecular weight is 233 g/mol. The smallest absolute Gasteiger partial charge is 0.207 e. The van der Waals surface area contributed by atoms with E-state index in [4.69, 9.17) is 0 Å². The third kappa shape index (κ3) is 2.87. The zero-order valence-electron chi connectivity index (χ0n) is 10.6. The third-order valence-electron chi connectivity index (χ3n) is 2.61. The van der Waals surface area contributed by atoms with Crippen molar-refractivity contribution < 1.29 is 0 Å². The monoisotopic (exact) mass is 233 g/mol. The molecule has 0 atom stereocenters. The van der Waals surface area contributed by atoms with Crippen molar-refractivity contribution in [2.45, 2.75) is 33.2 Å². The molecule has 2 rings (SSSR count). The topological polar surface area (TPSA) is 47.7 Å². The molecule has 2 heterocycles. The van der Waals surface area contributed by atoms with Gasteiger partial charge in [-0.2, -0.15) is 5.10 Å². The van der Waals surface area contributed by atoms with Crippen molar-refractivity contribution in [3.05, 3.63) is 24.3 Å². The van der Waals surface area contributed by atoms with Gasteiger partial charge in [0.2, 0.25) is 5.95 Å². The predicted octanol–water partition coefficient (Wildman–Crippen LogP) is 2.47. The Kier molecular flexibility index (Phi) is 3.46. The van der Waals surface area contributed by atoms with Crippen LogP contribution in [0, 0.1) is 6.92 Å². The first kappa shape index (κ1) is 11.7. The molecule has 0 amide bonds. The molecule has 0 bridgehead atoms. The molecule has 2 aromatic rings. The quantitative estimate of drug-likeness (QED) is 0.863. The fraction of sp³-hybridized carbons (Fsp3) is 0.500. The summed E-state index contributed by atoms with van der Waals surface area (Å²) in [4.78, 5) is 4.48. The van der Waals surface area contributed by atoms with Crippen LogP contribution in [0.1, 0.15) is 25.5 Å². The summed E-state index contributed by atoms with van der Waals surface area (Å²) < 4.78 is 3.93. The van der Waals surface area contributed by atoms with Gasteiger partial charge in [0, 0.05) is 26.0 Å². The molecule has 2 aromatic heterocycles. The highest BCUT2D eigenvalue weighted by Gasteiger charge is 2.06. The number of nitrogens with zero attached hydrogens (tertiary/aromatic N) is 4. The lowest BCUT2D eigenvalue weighted by Crippen LogP contribution is -2.02. The first-order chi connectivity index (χ1) is 8.19. The summed E-state index contributed by atoms with van der Waals surface area (Å²) in [6, 6.07) is 0. The minimum atomic E-state index is 0.893. The summed E-state index contributed by atoms with van der Waals surface area (Å²) in [5.41, 5.74) is 2.00. The number of hydrogen-bond acceptors (Lipinski definition) is 3. The largest absolute Gasteiger partial charge is 0.323 e. The molecule has 0 saturated carbocycles. The number of unbranched alkanes of at least 4 members (excludes halogenated alkanes) is 1. The minimum absolute atomic E-state index is 0.893. The lowest BCUT2D eigenvalue weighted by atomic mass is 10.3. The van der Waals surface area contributed by atoms with Crippen LogP contribution in [-0.2, 0) is 13.6 Å². The Morgan fingerprint density at radius 3 is 2.82 bits per heavy atom. The predicted molar refractivity (Wildman–Crippen MR) is 68.4 cm³/mol. The molecule has 0 saturated heterocycles. The van der Waals surface area contributed by atoms with Gasteiger partial charge in [0.1, 0.15) is 0 Å². The van der Waals surface area contributed by atoms with E-state index in [2.05, 4.69) is 33.1 Å². The van der Waals surface area contributed by atoms with Crippen molar-refractivity contribution in [1.82, 2.24) is 19.3 Å². The summed E-state index contributed by atoms with van der Waals surface area (Å²) in [6.07, 6.45) is 8.16. The van der Waals surface area contributed by atoms with Crippen LogP contribution in [0.4, 0.5) is 11.6 Å². The molecule has 17 heavy (non-hydrogen) atoms. The van der Waals surface area contributed by atoms with Gasteiger partial charge in [-0.15, -0.1) is 0 Å². The molecule has 92 valence electrons. The zero-order valence-corrected chi connectivity index (χ0v) is 10.6. The van der Waals surface area contributed by atoms with E-state index in [0.717, 1.165) is 30.3 Å². The Morgan fingerprint density at radius 1 is 1.35 bits per heavy atom. The molecule has 0 aliphatic carbocycles. The van der Waals surface area contributed by atoms with E-state index in [9.17, 15) is 0 Å². The number of nitrogens with one attached hydrogen (secondary N) is 1. The highest BCUT2D eigenvalue weighted by molar-refractivity contribution is 5.51. The Morgan fingerprint density at radius 2 is 2.18 bits per heavy atom. The van der Waals surface area contributed by atoms with E-state index in [1.807, 2.05) is 20.2 Å². The zero-order chi connectivity index (χ0) is 12.3. The van der Waals surface area contributed by atoms with Crippen LogP contribution in [0.15, 0.2) is 18.6 Å². The Hall–Kier alpha value is -1.78.